The third-order valence-corrected chi connectivity index (χ3v) is 3.76. The normalized spacial score (nSPS) is 12.1. The van der Waals surface area contributed by atoms with Gasteiger partial charge in [0.2, 0.25) is 10.4 Å². The zero-order chi connectivity index (χ0) is 13.7. The minimum atomic E-state index is -5.43. The van der Waals surface area contributed by atoms with Crippen LogP contribution in [0.2, 0.25) is 0 Å². The molecule has 0 rings (SSSR count). The number of halogens is 1. The molecule has 17 heavy (non-hydrogen) atoms. The first kappa shape index (κ1) is 16.0. The molecule has 0 heterocycles. The number of ether oxygens (including phenoxy) is 1. The Morgan fingerprint density at radius 2 is 1.88 bits per heavy atom. The molecule has 0 spiro atoms. The summed E-state index contributed by atoms with van der Waals surface area (Å²) in [5.41, 5.74) is 0.142. The second kappa shape index (κ2) is 6.07. The van der Waals surface area contributed by atoms with E-state index in [0.717, 1.165) is 0 Å². The van der Waals surface area contributed by atoms with Crippen LogP contribution < -0.4 is 0 Å². The van der Waals surface area contributed by atoms with Crippen molar-refractivity contribution in [2.75, 3.05) is 12.4 Å². The third-order valence-electron chi connectivity index (χ3n) is 1.33. The van der Waals surface area contributed by atoms with Gasteiger partial charge in [-0.05, 0) is 13.3 Å². The molecule has 0 amide bonds. The number of hydrogen-bond donors (Lipinski definition) is 0. The SMILES string of the molecule is C=C(C)C(=O)OCCCS(=O)(=O)[N-]S(=O)(=O)F. The molecule has 0 aromatic heterocycles. The summed E-state index contributed by atoms with van der Waals surface area (Å²) in [6, 6.07) is 0. The summed E-state index contributed by atoms with van der Waals surface area (Å²) in [6.45, 7) is 4.44. The lowest BCUT2D eigenvalue weighted by Gasteiger charge is -2.14. The lowest BCUT2D eigenvalue weighted by molar-refractivity contribution is -0.138. The molecule has 10 heteroatoms. The second-order valence-corrected chi connectivity index (χ2v) is 6.04. The summed E-state index contributed by atoms with van der Waals surface area (Å²) >= 11 is 0. The minimum Gasteiger partial charge on any atom is -0.462 e. The molecular weight excluding hydrogens is 277 g/mol. The van der Waals surface area contributed by atoms with Gasteiger partial charge in [-0.15, -0.1) is 3.89 Å². The Balaban J connectivity index is 4.06. The van der Waals surface area contributed by atoms with E-state index in [0.29, 0.717) is 0 Å². The number of carbonyl (C=O) groups is 1. The highest BCUT2D eigenvalue weighted by atomic mass is 32.3. The predicted octanol–water partition coefficient (Wildman–Crippen LogP) is 0.414. The number of rotatable bonds is 7. The summed E-state index contributed by atoms with van der Waals surface area (Å²) in [6.07, 6.45) is -0.194. The molecular formula is C7H11FNO6S2-. The van der Waals surface area contributed by atoms with Gasteiger partial charge < -0.3 is 8.86 Å². The third kappa shape index (κ3) is 8.77. The van der Waals surface area contributed by atoms with Gasteiger partial charge in [0.1, 0.15) is 0 Å². The maximum atomic E-state index is 12.0. The van der Waals surface area contributed by atoms with Gasteiger partial charge in [-0.2, -0.15) is 0 Å². The molecule has 0 saturated carbocycles. The van der Waals surface area contributed by atoms with Crippen molar-refractivity contribution in [3.63, 3.8) is 0 Å². The summed E-state index contributed by atoms with van der Waals surface area (Å²) in [4.78, 5) is 10.8. The average molecular weight is 288 g/mol. The number of carbonyl (C=O) groups excluding carboxylic acids is 1. The molecule has 0 fully saturated rings. The highest BCUT2D eigenvalue weighted by Crippen LogP contribution is 2.12. The van der Waals surface area contributed by atoms with Gasteiger partial charge in [0.25, 0.3) is 0 Å². The van der Waals surface area contributed by atoms with Crippen molar-refractivity contribution < 1.29 is 30.3 Å². The van der Waals surface area contributed by atoms with Gasteiger partial charge >= 0.3 is 5.97 Å². The minimum absolute atomic E-state index is 0.142. The first-order chi connectivity index (χ1) is 7.53. The highest BCUT2D eigenvalue weighted by Gasteiger charge is 2.08. The Morgan fingerprint density at radius 3 is 2.29 bits per heavy atom. The number of hydrogen-bond acceptors (Lipinski definition) is 6. The van der Waals surface area contributed by atoms with Gasteiger partial charge in [-0.1, -0.05) is 6.58 Å². The molecule has 0 saturated heterocycles. The molecule has 0 atom stereocenters. The van der Waals surface area contributed by atoms with E-state index in [1.807, 2.05) is 4.13 Å². The van der Waals surface area contributed by atoms with Crippen LogP contribution in [0.4, 0.5) is 3.89 Å². The lowest BCUT2D eigenvalue weighted by atomic mass is 10.4. The second-order valence-electron chi connectivity index (χ2n) is 3.04. The van der Waals surface area contributed by atoms with Crippen molar-refractivity contribution in [2.24, 2.45) is 0 Å². The van der Waals surface area contributed by atoms with Crippen molar-refractivity contribution in [3.05, 3.63) is 16.3 Å². The zero-order valence-corrected chi connectivity index (χ0v) is 10.6. The fourth-order valence-corrected chi connectivity index (χ4v) is 2.57. The number of sulfonamides is 1. The van der Waals surface area contributed by atoms with Gasteiger partial charge in [-0.25, -0.2) is 21.6 Å². The van der Waals surface area contributed by atoms with Crippen molar-refractivity contribution in [3.8, 4) is 0 Å². The standard InChI is InChI=1S/C7H11FNO6S2/c1-6(2)7(10)15-4-3-5-16(11,12)9-17(8,13)14/h1,3-5H2,2H3/q-1. The van der Waals surface area contributed by atoms with Crippen LogP contribution >= 0.6 is 0 Å². The van der Waals surface area contributed by atoms with E-state index in [2.05, 4.69) is 11.3 Å². The van der Waals surface area contributed by atoms with Crippen molar-refractivity contribution >= 4 is 26.4 Å². The zero-order valence-electron chi connectivity index (χ0n) is 8.92. The first-order valence-electron chi connectivity index (χ1n) is 4.28. The molecule has 0 aliphatic heterocycles. The smallest absolute Gasteiger partial charge is 0.333 e. The van der Waals surface area contributed by atoms with Crippen LogP contribution in [0.15, 0.2) is 12.2 Å². The molecule has 0 N–H and O–H groups in total. The van der Waals surface area contributed by atoms with Gasteiger partial charge in [0.05, 0.1) is 16.6 Å². The maximum Gasteiger partial charge on any atom is 0.333 e. The quantitative estimate of drug-likeness (QED) is 0.290. The van der Waals surface area contributed by atoms with Crippen LogP contribution in [0, 0.1) is 0 Å². The van der Waals surface area contributed by atoms with E-state index in [9.17, 15) is 25.5 Å². The Bertz CT molecular complexity index is 494. The molecule has 0 aromatic carbocycles. The monoisotopic (exact) mass is 288 g/mol. The van der Waals surface area contributed by atoms with E-state index in [1.165, 1.54) is 6.92 Å². The Kier molecular flexibility index (Phi) is 5.72. The van der Waals surface area contributed by atoms with Crippen molar-refractivity contribution in [1.82, 2.24) is 0 Å². The summed E-state index contributed by atoms with van der Waals surface area (Å²) in [7, 11) is -9.84. The molecule has 100 valence electrons. The fourth-order valence-electron chi connectivity index (χ4n) is 0.702. The number of esters is 1. The molecule has 0 aliphatic rings. The van der Waals surface area contributed by atoms with Crippen LogP contribution in [-0.4, -0.2) is 35.2 Å². The predicted molar refractivity (Wildman–Crippen MR) is 57.6 cm³/mol. The average Bonchev–Trinajstić information content (AvgIpc) is 2.07. The van der Waals surface area contributed by atoms with E-state index >= 15 is 0 Å². The Labute approximate surface area is 99.0 Å². The summed E-state index contributed by atoms with van der Waals surface area (Å²) in [5.74, 6) is -1.43. The van der Waals surface area contributed by atoms with Crippen LogP contribution in [0.1, 0.15) is 13.3 Å². The molecule has 0 bridgehead atoms. The van der Waals surface area contributed by atoms with Crippen LogP contribution in [0.3, 0.4) is 0 Å². The maximum absolute atomic E-state index is 12.0. The fraction of sp³-hybridized carbons (Fsp3) is 0.571. The Morgan fingerprint density at radius 1 is 1.35 bits per heavy atom. The van der Waals surface area contributed by atoms with Crippen LogP contribution in [0.5, 0.6) is 0 Å². The van der Waals surface area contributed by atoms with Gasteiger partial charge in [0, 0.05) is 11.3 Å². The van der Waals surface area contributed by atoms with Crippen molar-refractivity contribution in [2.45, 2.75) is 13.3 Å². The summed E-state index contributed by atoms with van der Waals surface area (Å²) in [5, 5.41) is 0. The van der Waals surface area contributed by atoms with E-state index in [-0.39, 0.29) is 18.6 Å². The first-order valence-corrected chi connectivity index (χ1v) is 7.22. The molecule has 0 aromatic rings. The van der Waals surface area contributed by atoms with Crippen LogP contribution in [0.25, 0.3) is 4.13 Å². The van der Waals surface area contributed by atoms with Crippen LogP contribution in [-0.2, 0) is 30.0 Å². The Hall–Kier alpha value is -1.00. The van der Waals surface area contributed by atoms with Gasteiger partial charge in [0.15, 0.2) is 0 Å². The van der Waals surface area contributed by atoms with E-state index in [1.54, 1.807) is 0 Å². The summed E-state index contributed by atoms with van der Waals surface area (Å²) < 4.78 is 60.2. The number of nitrogens with zero attached hydrogens (tertiary/aromatic N) is 1. The topological polar surface area (TPSA) is 109 Å². The van der Waals surface area contributed by atoms with E-state index < -0.39 is 32.2 Å². The molecule has 7 nitrogen and oxygen atoms in total. The van der Waals surface area contributed by atoms with Gasteiger partial charge in [-0.3, -0.25) is 0 Å². The highest BCUT2D eigenvalue weighted by molar-refractivity contribution is 8.10. The van der Waals surface area contributed by atoms with E-state index in [4.69, 9.17) is 0 Å². The molecule has 0 aliphatic carbocycles. The molecule has 0 unspecified atom stereocenters. The lowest BCUT2D eigenvalue weighted by Crippen LogP contribution is -2.12. The molecule has 0 radical (unpaired) electrons. The largest absolute Gasteiger partial charge is 0.462 e. The van der Waals surface area contributed by atoms with Crippen molar-refractivity contribution in [1.29, 1.82) is 0 Å².